The third-order valence-electron chi connectivity index (χ3n) is 4.24. The third kappa shape index (κ3) is 1.58. The van der Waals surface area contributed by atoms with Crippen LogP contribution in [-0.2, 0) is 4.74 Å². The molecule has 5 atom stereocenters. The van der Waals surface area contributed by atoms with Crippen LogP contribution in [0.1, 0.15) is 11.8 Å². The van der Waals surface area contributed by atoms with Gasteiger partial charge in [0, 0.05) is 4.91 Å². The second kappa shape index (κ2) is 4.41. The zero-order valence-electron chi connectivity index (χ0n) is 11.1. The van der Waals surface area contributed by atoms with E-state index in [9.17, 15) is 13.9 Å². The van der Waals surface area contributed by atoms with Crippen molar-refractivity contribution in [2.45, 2.75) is 27.5 Å². The maximum absolute atomic E-state index is 14.8. The van der Waals surface area contributed by atoms with Crippen LogP contribution in [0.25, 0.3) is 16.0 Å². The van der Waals surface area contributed by atoms with Crippen molar-refractivity contribution in [2.24, 2.45) is 5.11 Å². The average molecular weight is 435 g/mol. The summed E-state index contributed by atoms with van der Waals surface area (Å²) in [6.07, 6.45) is -4.25. The fraction of sp³-hybridized carbons (Fsp3) is 0.455. The number of aliphatic hydroxyl groups is 1. The first kappa shape index (κ1) is 14.8. The van der Waals surface area contributed by atoms with Crippen molar-refractivity contribution >= 4 is 33.9 Å². The normalized spacial score (nSPS) is 38.3. The SMILES string of the molecule is [N-]=[N+]=NC12O[C@@H](c3ccc4c(N)nc(F)nn34)[C@H](F)[C@@]1(O)[C@H]2I. The van der Waals surface area contributed by atoms with Crippen molar-refractivity contribution in [3.05, 3.63) is 34.3 Å². The number of anilines is 1. The van der Waals surface area contributed by atoms with Crippen LogP contribution >= 0.6 is 22.6 Å². The highest BCUT2D eigenvalue weighted by Gasteiger charge is 2.87. The molecule has 2 aromatic rings. The van der Waals surface area contributed by atoms with Crippen LogP contribution in [0.4, 0.5) is 14.6 Å². The predicted octanol–water partition coefficient (Wildman–Crippen LogP) is 1.41. The number of fused-ring (bicyclic) bond motifs is 2. The molecule has 1 aliphatic heterocycles. The van der Waals surface area contributed by atoms with E-state index in [-0.39, 0.29) is 17.0 Å². The highest BCUT2D eigenvalue weighted by atomic mass is 127. The minimum absolute atomic E-state index is 0.113. The van der Waals surface area contributed by atoms with Gasteiger partial charge < -0.3 is 15.6 Å². The maximum Gasteiger partial charge on any atom is 0.327 e. The van der Waals surface area contributed by atoms with E-state index in [0.29, 0.717) is 0 Å². The summed E-state index contributed by atoms with van der Waals surface area (Å²) < 4.78 is 34.0. The van der Waals surface area contributed by atoms with E-state index in [0.717, 1.165) is 4.52 Å². The molecule has 0 aromatic carbocycles. The van der Waals surface area contributed by atoms with Gasteiger partial charge in [0.05, 0.1) is 9.62 Å². The van der Waals surface area contributed by atoms with Crippen LogP contribution < -0.4 is 5.73 Å². The molecule has 0 radical (unpaired) electrons. The van der Waals surface area contributed by atoms with Crippen molar-refractivity contribution in [1.82, 2.24) is 14.6 Å². The van der Waals surface area contributed by atoms with Crippen molar-refractivity contribution in [3.8, 4) is 0 Å². The number of halogens is 3. The Kier molecular flexibility index (Phi) is 2.84. The summed E-state index contributed by atoms with van der Waals surface area (Å²) in [5, 5.41) is 17.4. The van der Waals surface area contributed by atoms with Crippen LogP contribution in [0.5, 0.6) is 0 Å². The molecule has 2 fully saturated rings. The number of nitrogens with two attached hydrogens (primary N) is 1. The second-order valence-electron chi connectivity index (χ2n) is 5.34. The Morgan fingerprint density at radius 3 is 3.00 bits per heavy atom. The van der Waals surface area contributed by atoms with E-state index in [4.69, 9.17) is 16.0 Å². The Morgan fingerprint density at radius 1 is 1.57 bits per heavy atom. The Labute approximate surface area is 140 Å². The molecule has 23 heavy (non-hydrogen) atoms. The lowest BCUT2D eigenvalue weighted by Crippen LogP contribution is -2.30. The molecule has 1 unspecified atom stereocenters. The lowest BCUT2D eigenvalue weighted by molar-refractivity contribution is -0.0139. The van der Waals surface area contributed by atoms with Crippen LogP contribution in [0, 0.1) is 6.08 Å². The van der Waals surface area contributed by atoms with E-state index in [1.165, 1.54) is 12.1 Å². The van der Waals surface area contributed by atoms with Gasteiger partial charge in [0.2, 0.25) is 0 Å². The highest BCUT2D eigenvalue weighted by Crippen LogP contribution is 2.68. The first-order valence-electron chi connectivity index (χ1n) is 6.42. The average Bonchev–Trinajstić information content (AvgIpc) is 2.83. The molecule has 0 spiro atoms. The Balaban J connectivity index is 1.83. The number of hydrogen-bond donors (Lipinski definition) is 2. The van der Waals surface area contributed by atoms with Crippen molar-refractivity contribution < 1.29 is 18.6 Å². The first-order chi connectivity index (χ1) is 10.9. The zero-order valence-corrected chi connectivity index (χ0v) is 13.3. The van der Waals surface area contributed by atoms with Crippen LogP contribution in [0.15, 0.2) is 17.2 Å². The van der Waals surface area contributed by atoms with Crippen molar-refractivity contribution in [2.75, 3.05) is 5.73 Å². The van der Waals surface area contributed by atoms with Gasteiger partial charge in [-0.25, -0.2) is 8.91 Å². The second-order valence-corrected chi connectivity index (χ2v) is 6.58. The monoisotopic (exact) mass is 435 g/mol. The summed E-state index contributed by atoms with van der Waals surface area (Å²) in [5.74, 6) is -0.113. The van der Waals surface area contributed by atoms with E-state index in [1.54, 1.807) is 22.6 Å². The van der Waals surface area contributed by atoms with Gasteiger partial charge in [-0.15, -0.1) is 5.10 Å². The predicted molar refractivity (Wildman–Crippen MR) is 80.7 cm³/mol. The summed E-state index contributed by atoms with van der Waals surface area (Å²) in [6.45, 7) is 0. The van der Waals surface area contributed by atoms with Crippen molar-refractivity contribution in [1.29, 1.82) is 0 Å². The lowest BCUT2D eigenvalue weighted by atomic mass is 10.1. The van der Waals surface area contributed by atoms with Crippen LogP contribution in [0.2, 0.25) is 0 Å². The molecule has 3 heterocycles. The molecule has 12 heteroatoms. The number of aromatic nitrogens is 3. The largest absolute Gasteiger partial charge is 0.382 e. The van der Waals surface area contributed by atoms with E-state index in [2.05, 4.69) is 20.1 Å². The number of ether oxygens (including phenoxy) is 1. The van der Waals surface area contributed by atoms with Gasteiger partial charge in [0.15, 0.2) is 17.7 Å². The van der Waals surface area contributed by atoms with Gasteiger partial charge in [0.1, 0.15) is 17.2 Å². The van der Waals surface area contributed by atoms with E-state index >= 15 is 0 Å². The molecule has 2 aromatic heterocycles. The number of nitrogens with zero attached hydrogens (tertiary/aromatic N) is 6. The molecule has 4 rings (SSSR count). The maximum atomic E-state index is 14.8. The van der Waals surface area contributed by atoms with Gasteiger partial charge in [-0.3, -0.25) is 0 Å². The number of azide groups is 1. The smallest absolute Gasteiger partial charge is 0.327 e. The minimum Gasteiger partial charge on any atom is -0.382 e. The third-order valence-corrected chi connectivity index (χ3v) is 6.03. The molecule has 1 aliphatic carbocycles. The molecule has 1 saturated carbocycles. The zero-order chi connectivity index (χ0) is 16.6. The van der Waals surface area contributed by atoms with Gasteiger partial charge in [0.25, 0.3) is 0 Å². The molecule has 120 valence electrons. The quantitative estimate of drug-likeness (QED) is 0.242. The number of hydrogen-bond acceptors (Lipinski definition) is 6. The summed E-state index contributed by atoms with van der Waals surface area (Å²) in [5.41, 5.74) is 11.0. The standard InChI is InChI=1S/C11H8F2IN7O2/c12-6-5(23-11(19-20-16)8(14)10(6,11)22)3-1-2-4-7(15)17-9(13)18-21(3)4/h1-2,5-6,8,22H,(H2,15,17,18)/t5-,6-,8+,10+,11?/m0/s1. The molecule has 3 N–H and O–H groups in total. The van der Waals surface area contributed by atoms with Gasteiger partial charge in [-0.2, -0.15) is 9.37 Å². The molecule has 0 bridgehead atoms. The van der Waals surface area contributed by atoms with Crippen LogP contribution in [0.3, 0.4) is 0 Å². The summed E-state index contributed by atoms with van der Waals surface area (Å²) in [7, 11) is 0. The van der Waals surface area contributed by atoms with E-state index < -0.39 is 33.6 Å². The summed E-state index contributed by atoms with van der Waals surface area (Å²) >= 11 is 1.77. The molecule has 9 nitrogen and oxygen atoms in total. The Bertz CT molecular complexity index is 887. The molecule has 2 aliphatic rings. The number of rotatable bonds is 2. The molecule has 0 amide bonds. The fourth-order valence-electron chi connectivity index (χ4n) is 3.03. The summed E-state index contributed by atoms with van der Waals surface area (Å²) in [4.78, 5) is 6.00. The minimum atomic E-state index is -1.94. The van der Waals surface area contributed by atoms with E-state index in [1.807, 2.05) is 0 Å². The lowest BCUT2D eigenvalue weighted by Gasteiger charge is -2.19. The molecule has 1 saturated heterocycles. The summed E-state index contributed by atoms with van der Waals surface area (Å²) in [6, 6.07) is 2.92. The highest BCUT2D eigenvalue weighted by molar-refractivity contribution is 14.1. The molecular formula is C11H8F2IN7O2. The van der Waals surface area contributed by atoms with Crippen LogP contribution in [-0.4, -0.2) is 41.1 Å². The Morgan fingerprint density at radius 2 is 2.30 bits per heavy atom. The fourth-order valence-corrected chi connectivity index (χ4v) is 4.41. The van der Waals surface area contributed by atoms with Gasteiger partial charge in [-0.05, 0) is 17.7 Å². The number of nitrogen functional groups attached to an aromatic ring is 1. The first-order valence-corrected chi connectivity index (χ1v) is 7.66. The molecular weight excluding hydrogens is 427 g/mol. The topological polar surface area (TPSA) is 134 Å². The van der Waals surface area contributed by atoms with Gasteiger partial charge >= 0.3 is 6.08 Å². The van der Waals surface area contributed by atoms with Crippen molar-refractivity contribution in [3.63, 3.8) is 0 Å². The van der Waals surface area contributed by atoms with Gasteiger partial charge in [-0.1, -0.05) is 27.7 Å². The Hall–Kier alpha value is -1.76. The number of alkyl halides is 2.